The zero-order valence-corrected chi connectivity index (χ0v) is 14.6. The van der Waals surface area contributed by atoms with Crippen molar-refractivity contribution in [3.63, 3.8) is 0 Å². The van der Waals surface area contributed by atoms with Gasteiger partial charge in [-0.3, -0.25) is 0 Å². The molecule has 1 aliphatic heterocycles. The first-order chi connectivity index (χ1) is 12.1. The summed E-state index contributed by atoms with van der Waals surface area (Å²) in [4.78, 5) is 25.9. The molecule has 3 N–H and O–H groups in total. The minimum atomic E-state index is -0.186. The van der Waals surface area contributed by atoms with Gasteiger partial charge in [0.1, 0.15) is 0 Å². The number of piperidine rings is 1. The Bertz CT molecular complexity index is 599. The van der Waals surface area contributed by atoms with Crippen LogP contribution in [0.5, 0.6) is 0 Å². The predicted octanol–water partition coefficient (Wildman–Crippen LogP) is 3.00. The van der Waals surface area contributed by atoms with Gasteiger partial charge in [0.25, 0.3) is 0 Å². The molecule has 1 aromatic carbocycles. The normalized spacial score (nSPS) is 20.0. The predicted molar refractivity (Wildman–Crippen MR) is 96.9 cm³/mol. The van der Waals surface area contributed by atoms with E-state index in [1.165, 1.54) is 0 Å². The molecule has 1 saturated carbocycles. The van der Waals surface area contributed by atoms with Crippen molar-refractivity contribution in [2.75, 3.05) is 30.3 Å². The summed E-state index contributed by atoms with van der Waals surface area (Å²) in [6, 6.07) is 7.15. The Morgan fingerprint density at radius 2 is 1.80 bits per heavy atom. The largest absolute Gasteiger partial charge is 0.377 e. The maximum atomic E-state index is 12.4. The fourth-order valence-electron chi connectivity index (χ4n) is 2.91. The molecular formula is C18H26N4O3. The van der Waals surface area contributed by atoms with E-state index in [1.54, 1.807) is 29.2 Å². The summed E-state index contributed by atoms with van der Waals surface area (Å²) in [5, 5.41) is 8.56. The Morgan fingerprint density at radius 3 is 2.44 bits per heavy atom. The van der Waals surface area contributed by atoms with Crippen molar-refractivity contribution in [3.05, 3.63) is 24.3 Å². The molecule has 1 aromatic rings. The highest BCUT2D eigenvalue weighted by molar-refractivity contribution is 5.91. The van der Waals surface area contributed by atoms with Gasteiger partial charge in [0.15, 0.2) is 0 Å². The molecule has 7 nitrogen and oxygen atoms in total. The summed E-state index contributed by atoms with van der Waals surface area (Å²) in [6.45, 7) is 4.01. The van der Waals surface area contributed by atoms with Gasteiger partial charge in [-0.2, -0.15) is 0 Å². The number of anilines is 2. The number of nitrogens with zero attached hydrogens (tertiary/aromatic N) is 1. The van der Waals surface area contributed by atoms with Gasteiger partial charge in [0.2, 0.25) is 0 Å². The van der Waals surface area contributed by atoms with E-state index >= 15 is 0 Å². The zero-order valence-electron chi connectivity index (χ0n) is 14.6. The summed E-state index contributed by atoms with van der Waals surface area (Å²) >= 11 is 0. The Hall–Kier alpha value is -2.28. The molecule has 1 heterocycles. The van der Waals surface area contributed by atoms with Crippen molar-refractivity contribution in [2.24, 2.45) is 0 Å². The fourth-order valence-corrected chi connectivity index (χ4v) is 2.91. The van der Waals surface area contributed by atoms with Gasteiger partial charge in [-0.25, -0.2) is 9.59 Å². The Morgan fingerprint density at radius 1 is 1.12 bits per heavy atom. The third-order valence-corrected chi connectivity index (χ3v) is 4.37. The smallest absolute Gasteiger partial charge is 0.321 e. The van der Waals surface area contributed by atoms with Crippen LogP contribution >= 0.6 is 0 Å². The quantitative estimate of drug-likeness (QED) is 0.766. The first-order valence-electron chi connectivity index (χ1n) is 8.99. The van der Waals surface area contributed by atoms with Crippen molar-refractivity contribution < 1.29 is 14.3 Å². The van der Waals surface area contributed by atoms with Crippen molar-refractivity contribution in [1.82, 2.24) is 10.2 Å². The van der Waals surface area contributed by atoms with Gasteiger partial charge in [-0.1, -0.05) is 0 Å². The van der Waals surface area contributed by atoms with Crippen LogP contribution in [0.25, 0.3) is 0 Å². The number of urea groups is 2. The Kier molecular flexibility index (Phi) is 5.75. The fraction of sp³-hybridized carbons (Fsp3) is 0.556. The van der Waals surface area contributed by atoms with Crippen molar-refractivity contribution >= 4 is 23.4 Å². The lowest BCUT2D eigenvalue weighted by molar-refractivity contribution is 0.0181. The SMILES string of the molecule is CCOC1CCCN(C(=O)Nc2ccc(NC(=O)NC3CC3)cc2)C1. The van der Waals surface area contributed by atoms with Gasteiger partial charge < -0.3 is 25.6 Å². The van der Waals surface area contributed by atoms with E-state index < -0.39 is 0 Å². The van der Waals surface area contributed by atoms with Crippen LogP contribution in [0.1, 0.15) is 32.6 Å². The molecule has 0 spiro atoms. The van der Waals surface area contributed by atoms with Gasteiger partial charge in [-0.15, -0.1) is 0 Å². The van der Waals surface area contributed by atoms with E-state index in [4.69, 9.17) is 4.74 Å². The minimum absolute atomic E-state index is 0.114. The van der Waals surface area contributed by atoms with Crippen LogP contribution < -0.4 is 16.0 Å². The number of carbonyl (C=O) groups excluding carboxylic acids is 2. The molecule has 1 aliphatic carbocycles. The molecule has 1 atom stereocenters. The van der Waals surface area contributed by atoms with Crippen LogP contribution in [-0.2, 0) is 4.74 Å². The molecule has 1 unspecified atom stereocenters. The molecule has 0 bridgehead atoms. The average Bonchev–Trinajstić information content (AvgIpc) is 3.41. The van der Waals surface area contributed by atoms with E-state index in [9.17, 15) is 9.59 Å². The number of hydrogen-bond acceptors (Lipinski definition) is 3. The summed E-state index contributed by atoms with van der Waals surface area (Å²) in [6.07, 6.45) is 4.19. The maximum absolute atomic E-state index is 12.4. The van der Waals surface area contributed by atoms with Crippen LogP contribution in [-0.4, -0.2) is 48.8 Å². The summed E-state index contributed by atoms with van der Waals surface area (Å²) < 4.78 is 5.63. The number of hydrogen-bond donors (Lipinski definition) is 3. The summed E-state index contributed by atoms with van der Waals surface area (Å²) in [5.74, 6) is 0. The topological polar surface area (TPSA) is 82.7 Å². The summed E-state index contributed by atoms with van der Waals surface area (Å²) in [5.41, 5.74) is 1.40. The van der Waals surface area contributed by atoms with E-state index in [0.717, 1.165) is 32.2 Å². The Balaban J connectivity index is 1.48. The first kappa shape index (κ1) is 17.5. The highest BCUT2D eigenvalue weighted by Crippen LogP contribution is 2.20. The standard InChI is InChI=1S/C18H26N4O3/c1-2-25-16-4-3-11-22(12-16)18(24)21-15-9-7-14(8-10-15)20-17(23)19-13-5-6-13/h7-10,13,16H,2-6,11-12H2,1H3,(H,21,24)(H2,19,20,23). The van der Waals surface area contributed by atoms with Gasteiger partial charge in [-0.05, 0) is 56.9 Å². The molecule has 1 saturated heterocycles. The second-order valence-corrected chi connectivity index (χ2v) is 6.55. The Labute approximate surface area is 148 Å². The summed E-state index contributed by atoms with van der Waals surface area (Å²) in [7, 11) is 0. The van der Waals surface area contributed by atoms with Crippen molar-refractivity contribution in [1.29, 1.82) is 0 Å². The van der Waals surface area contributed by atoms with Crippen LogP contribution in [0.3, 0.4) is 0 Å². The lowest BCUT2D eigenvalue weighted by Gasteiger charge is -2.32. The molecule has 7 heteroatoms. The highest BCUT2D eigenvalue weighted by atomic mass is 16.5. The minimum Gasteiger partial charge on any atom is -0.377 e. The van der Waals surface area contributed by atoms with Crippen LogP contribution in [0, 0.1) is 0 Å². The second kappa shape index (κ2) is 8.20. The van der Waals surface area contributed by atoms with E-state index in [-0.39, 0.29) is 18.2 Å². The molecule has 3 rings (SSSR count). The maximum Gasteiger partial charge on any atom is 0.321 e. The van der Waals surface area contributed by atoms with Gasteiger partial charge in [0.05, 0.1) is 6.10 Å². The second-order valence-electron chi connectivity index (χ2n) is 6.55. The van der Waals surface area contributed by atoms with E-state index in [1.807, 2.05) is 6.92 Å². The van der Waals surface area contributed by atoms with Crippen LogP contribution in [0.4, 0.5) is 21.0 Å². The average molecular weight is 346 g/mol. The molecule has 0 radical (unpaired) electrons. The number of ether oxygens (including phenoxy) is 1. The number of benzene rings is 1. The third-order valence-electron chi connectivity index (χ3n) is 4.37. The van der Waals surface area contributed by atoms with Crippen molar-refractivity contribution in [3.8, 4) is 0 Å². The lowest BCUT2D eigenvalue weighted by atomic mass is 10.1. The van der Waals surface area contributed by atoms with Crippen LogP contribution in [0.2, 0.25) is 0 Å². The number of nitrogens with one attached hydrogen (secondary N) is 3. The zero-order chi connectivity index (χ0) is 17.6. The van der Waals surface area contributed by atoms with E-state index in [0.29, 0.717) is 30.6 Å². The molecule has 136 valence electrons. The molecule has 2 fully saturated rings. The third kappa shape index (κ3) is 5.35. The number of amides is 4. The van der Waals surface area contributed by atoms with Gasteiger partial charge in [0, 0.05) is 37.1 Å². The monoisotopic (exact) mass is 346 g/mol. The number of carbonyl (C=O) groups is 2. The van der Waals surface area contributed by atoms with E-state index in [2.05, 4.69) is 16.0 Å². The highest BCUT2D eigenvalue weighted by Gasteiger charge is 2.24. The number of rotatable bonds is 5. The van der Waals surface area contributed by atoms with Crippen molar-refractivity contribution in [2.45, 2.75) is 44.8 Å². The molecule has 25 heavy (non-hydrogen) atoms. The van der Waals surface area contributed by atoms with Crippen LogP contribution in [0.15, 0.2) is 24.3 Å². The molecule has 4 amide bonds. The first-order valence-corrected chi connectivity index (χ1v) is 8.99. The molecular weight excluding hydrogens is 320 g/mol. The number of likely N-dealkylation sites (tertiary alicyclic amines) is 1. The molecule has 2 aliphatic rings. The van der Waals surface area contributed by atoms with Gasteiger partial charge >= 0.3 is 12.1 Å². The lowest BCUT2D eigenvalue weighted by Crippen LogP contribution is -2.45. The molecule has 0 aromatic heterocycles.